The van der Waals surface area contributed by atoms with Crippen LogP contribution in [0.4, 0.5) is 10.1 Å². The first kappa shape index (κ1) is 20.5. The first-order chi connectivity index (χ1) is 13.7. The molecule has 0 bridgehead atoms. The molecule has 0 spiro atoms. The van der Waals surface area contributed by atoms with Crippen molar-refractivity contribution >= 4 is 32.5 Å². The predicted octanol–water partition coefficient (Wildman–Crippen LogP) is 0.824. The van der Waals surface area contributed by atoms with Crippen LogP contribution in [-0.2, 0) is 17.1 Å². The Morgan fingerprint density at radius 3 is 2.86 bits per heavy atom. The van der Waals surface area contributed by atoms with Gasteiger partial charge in [-0.15, -0.1) is 0 Å². The number of aromatic amines is 1. The van der Waals surface area contributed by atoms with E-state index in [1.807, 2.05) is 0 Å². The number of hydrogen-bond donors (Lipinski definition) is 4. The Labute approximate surface area is 165 Å². The van der Waals surface area contributed by atoms with Gasteiger partial charge in [-0.1, -0.05) is 0 Å². The zero-order valence-electron chi connectivity index (χ0n) is 15.4. The molecule has 12 heteroatoms. The van der Waals surface area contributed by atoms with E-state index in [0.29, 0.717) is 5.39 Å². The summed E-state index contributed by atoms with van der Waals surface area (Å²) in [6.07, 6.45) is 1.48. The zero-order chi connectivity index (χ0) is 21.3. The first-order valence-electron chi connectivity index (χ1n) is 8.36. The summed E-state index contributed by atoms with van der Waals surface area (Å²) in [7, 11) is -2.68. The molecule has 3 aromatic heterocycles. The van der Waals surface area contributed by atoms with Crippen LogP contribution in [0.25, 0.3) is 10.9 Å². The van der Waals surface area contributed by atoms with E-state index < -0.39 is 34.5 Å². The number of amides is 1. The number of fused-ring (bicyclic) bond motifs is 1. The SMILES string of the molecule is CC(CO)NS(=O)(=O)c1c2[nH]ccc2c(C(=O)Nc2cc(F)nc(C#N)c2)n1C. The number of hydrogen-bond acceptors (Lipinski definition) is 6. The highest BCUT2D eigenvalue weighted by atomic mass is 32.2. The molecule has 1 atom stereocenters. The highest BCUT2D eigenvalue weighted by Gasteiger charge is 2.30. The van der Waals surface area contributed by atoms with Crippen molar-refractivity contribution in [3.8, 4) is 6.07 Å². The second-order valence-corrected chi connectivity index (χ2v) is 7.94. The molecule has 0 aliphatic heterocycles. The topological polar surface area (TPSA) is 153 Å². The maximum absolute atomic E-state index is 13.5. The lowest BCUT2D eigenvalue weighted by Gasteiger charge is -2.13. The van der Waals surface area contributed by atoms with E-state index in [0.717, 1.165) is 6.07 Å². The van der Waals surface area contributed by atoms with E-state index >= 15 is 0 Å². The van der Waals surface area contributed by atoms with Crippen LogP contribution < -0.4 is 10.0 Å². The van der Waals surface area contributed by atoms with E-state index in [-0.39, 0.29) is 27.6 Å². The minimum Gasteiger partial charge on any atom is -0.395 e. The monoisotopic (exact) mass is 420 g/mol. The Kier molecular flexibility index (Phi) is 5.38. The normalized spacial score (nSPS) is 12.7. The lowest BCUT2D eigenvalue weighted by atomic mass is 10.2. The largest absolute Gasteiger partial charge is 0.395 e. The molecule has 1 unspecified atom stereocenters. The molecule has 0 saturated heterocycles. The van der Waals surface area contributed by atoms with E-state index in [2.05, 4.69) is 20.0 Å². The van der Waals surface area contributed by atoms with Crippen LogP contribution in [0, 0.1) is 17.3 Å². The van der Waals surface area contributed by atoms with Gasteiger partial charge in [-0.2, -0.15) is 9.65 Å². The van der Waals surface area contributed by atoms with Crippen molar-refractivity contribution in [2.24, 2.45) is 7.05 Å². The molecule has 0 radical (unpaired) electrons. The van der Waals surface area contributed by atoms with Gasteiger partial charge < -0.3 is 20.0 Å². The van der Waals surface area contributed by atoms with Gasteiger partial charge in [0.1, 0.15) is 17.5 Å². The predicted molar refractivity (Wildman–Crippen MR) is 101 cm³/mol. The smallest absolute Gasteiger partial charge is 0.273 e. The summed E-state index contributed by atoms with van der Waals surface area (Å²) in [5.74, 6) is -1.65. The molecule has 0 saturated carbocycles. The van der Waals surface area contributed by atoms with Gasteiger partial charge in [0, 0.05) is 36.4 Å². The fourth-order valence-corrected chi connectivity index (χ4v) is 4.56. The van der Waals surface area contributed by atoms with Gasteiger partial charge in [0.15, 0.2) is 5.03 Å². The van der Waals surface area contributed by atoms with Crippen LogP contribution in [0.3, 0.4) is 0 Å². The van der Waals surface area contributed by atoms with Crippen LogP contribution in [0.5, 0.6) is 0 Å². The van der Waals surface area contributed by atoms with Crippen molar-refractivity contribution < 1.29 is 22.7 Å². The van der Waals surface area contributed by atoms with Gasteiger partial charge in [-0.25, -0.2) is 18.1 Å². The van der Waals surface area contributed by atoms with Gasteiger partial charge in [0.2, 0.25) is 5.95 Å². The second kappa shape index (κ2) is 7.63. The molecular formula is C17H17FN6O4S. The van der Waals surface area contributed by atoms with Crippen LogP contribution in [0.15, 0.2) is 29.4 Å². The standard InChI is InChI=1S/C17H17FN6O4S/c1-9(8-25)23-29(27,28)17-14-12(3-4-20-14)15(24(17)2)16(26)22-10-5-11(7-19)21-13(18)6-10/h3-6,9,20,23,25H,8H2,1-2H3,(H,21,22,26). The van der Waals surface area contributed by atoms with Crippen molar-refractivity contribution in [1.29, 1.82) is 5.26 Å². The third kappa shape index (κ3) is 3.83. The number of carbonyl (C=O) groups excluding carboxylic acids is 1. The molecule has 10 nitrogen and oxygen atoms in total. The van der Waals surface area contributed by atoms with E-state index in [4.69, 9.17) is 10.4 Å². The number of nitriles is 1. The number of nitrogens with zero attached hydrogens (tertiary/aromatic N) is 3. The van der Waals surface area contributed by atoms with Crippen LogP contribution in [0.1, 0.15) is 23.1 Å². The van der Waals surface area contributed by atoms with Crippen molar-refractivity contribution in [2.75, 3.05) is 11.9 Å². The molecule has 4 N–H and O–H groups in total. The molecule has 3 aromatic rings. The molecule has 0 aliphatic rings. The number of aliphatic hydroxyl groups excluding tert-OH is 1. The van der Waals surface area contributed by atoms with E-state index in [1.54, 1.807) is 6.07 Å². The Hall–Kier alpha value is -3.27. The fourth-order valence-electron chi connectivity index (χ4n) is 2.96. The molecule has 29 heavy (non-hydrogen) atoms. The van der Waals surface area contributed by atoms with Crippen LogP contribution >= 0.6 is 0 Å². The number of aromatic nitrogens is 3. The van der Waals surface area contributed by atoms with Gasteiger partial charge in [-0.3, -0.25) is 4.79 Å². The molecule has 0 fully saturated rings. The summed E-state index contributed by atoms with van der Waals surface area (Å²) < 4.78 is 42.6. The number of anilines is 1. The summed E-state index contributed by atoms with van der Waals surface area (Å²) in [5.41, 5.74) is -0.00674. The Morgan fingerprint density at radius 2 is 2.21 bits per heavy atom. The van der Waals surface area contributed by atoms with Gasteiger partial charge >= 0.3 is 0 Å². The molecule has 3 rings (SSSR count). The highest BCUT2D eigenvalue weighted by Crippen LogP contribution is 2.29. The summed E-state index contributed by atoms with van der Waals surface area (Å²) >= 11 is 0. The number of pyridine rings is 1. The number of rotatable bonds is 6. The number of aliphatic hydroxyl groups is 1. The lowest BCUT2D eigenvalue weighted by Crippen LogP contribution is -2.36. The van der Waals surface area contributed by atoms with Crippen molar-refractivity contribution in [2.45, 2.75) is 18.0 Å². The van der Waals surface area contributed by atoms with Crippen molar-refractivity contribution in [3.63, 3.8) is 0 Å². The second-order valence-electron chi connectivity index (χ2n) is 6.31. The zero-order valence-corrected chi connectivity index (χ0v) is 16.2. The number of nitrogens with one attached hydrogen (secondary N) is 3. The highest BCUT2D eigenvalue weighted by molar-refractivity contribution is 7.89. The average Bonchev–Trinajstić information content (AvgIpc) is 3.19. The molecule has 0 aliphatic carbocycles. The van der Waals surface area contributed by atoms with Gasteiger partial charge in [0.05, 0.1) is 12.1 Å². The fraction of sp³-hybridized carbons (Fsp3) is 0.235. The number of H-pyrrole nitrogens is 1. The average molecular weight is 420 g/mol. The number of carbonyl (C=O) groups is 1. The van der Waals surface area contributed by atoms with Crippen molar-refractivity contribution in [1.82, 2.24) is 19.3 Å². The van der Waals surface area contributed by atoms with Crippen LogP contribution in [0.2, 0.25) is 0 Å². The molecule has 0 aromatic carbocycles. The maximum atomic E-state index is 13.5. The third-order valence-electron chi connectivity index (χ3n) is 4.12. The first-order valence-corrected chi connectivity index (χ1v) is 9.84. The summed E-state index contributed by atoms with van der Waals surface area (Å²) in [5, 5.41) is 20.6. The minimum absolute atomic E-state index is 0.000343. The van der Waals surface area contributed by atoms with E-state index in [1.165, 1.54) is 36.9 Å². The molecular weight excluding hydrogens is 403 g/mol. The van der Waals surface area contributed by atoms with E-state index in [9.17, 15) is 17.6 Å². The Bertz CT molecular complexity index is 1240. The summed E-state index contributed by atoms with van der Waals surface area (Å²) in [6, 6.07) is 4.62. The van der Waals surface area contributed by atoms with Crippen molar-refractivity contribution in [3.05, 3.63) is 41.7 Å². The van der Waals surface area contributed by atoms with Crippen LogP contribution in [-0.4, -0.2) is 46.6 Å². The summed E-state index contributed by atoms with van der Waals surface area (Å²) in [6.45, 7) is 1.09. The number of sulfonamides is 1. The molecule has 1 amide bonds. The van der Waals surface area contributed by atoms with Gasteiger partial charge in [-0.05, 0) is 19.1 Å². The number of halogens is 1. The maximum Gasteiger partial charge on any atom is 0.273 e. The lowest BCUT2D eigenvalue weighted by molar-refractivity contribution is 0.102. The quantitative estimate of drug-likeness (QED) is 0.433. The summed E-state index contributed by atoms with van der Waals surface area (Å²) in [4.78, 5) is 19.0. The third-order valence-corrected chi connectivity index (χ3v) is 5.82. The Morgan fingerprint density at radius 1 is 1.48 bits per heavy atom. The molecule has 3 heterocycles. The van der Waals surface area contributed by atoms with Gasteiger partial charge in [0.25, 0.3) is 15.9 Å². The Balaban J connectivity index is 2.06. The minimum atomic E-state index is -4.07. The molecule has 152 valence electrons.